The Morgan fingerprint density at radius 2 is 0.457 bits per heavy atom. The summed E-state index contributed by atoms with van der Waals surface area (Å²) >= 11 is 0. The quantitative estimate of drug-likeness (QED) is 0.0521. The first kappa shape index (κ1) is 90.5. The smallest absolute Gasteiger partial charge is 0.221 e. The summed E-state index contributed by atoms with van der Waals surface area (Å²) in [6, 6.07) is 0. The Kier molecular flexibility index (Phi) is 75.5. The van der Waals surface area contributed by atoms with Crippen LogP contribution in [-0.4, -0.2) is 116 Å². The van der Waals surface area contributed by atoms with E-state index in [-0.39, 0.29) is 11.8 Å². The maximum Gasteiger partial charge on any atom is 0.221 e. The summed E-state index contributed by atoms with van der Waals surface area (Å²) in [6.07, 6.45) is 78.3. The Hall–Kier alpha value is -1.55. The van der Waals surface area contributed by atoms with Gasteiger partial charge in [-0.2, -0.15) is 0 Å². The Bertz CT molecular complexity index is 1470. The number of nitrogens with zero attached hydrogens (tertiary/aromatic N) is 3. The molecule has 0 aliphatic heterocycles. The van der Waals surface area contributed by atoms with Crippen LogP contribution in [0.25, 0.3) is 0 Å². The molecule has 0 bridgehead atoms. The molecule has 0 aliphatic carbocycles. The number of aliphatic hydroxyl groups is 1. The predicted molar refractivity (Wildman–Crippen MR) is 406 cm³/mol. The average molecular weight is 1300 g/mol. The van der Waals surface area contributed by atoms with Gasteiger partial charge in [0.1, 0.15) is 5.78 Å². The molecule has 0 saturated carbocycles. The molecule has 92 heavy (non-hydrogen) atoms. The summed E-state index contributed by atoms with van der Waals surface area (Å²) in [5.41, 5.74) is 0. The summed E-state index contributed by atoms with van der Waals surface area (Å²) in [7, 11) is 0. The van der Waals surface area contributed by atoms with Gasteiger partial charge in [0.05, 0.1) is 6.10 Å². The van der Waals surface area contributed by atoms with Crippen molar-refractivity contribution in [1.82, 2.24) is 25.3 Å². The van der Waals surface area contributed by atoms with Gasteiger partial charge in [-0.1, -0.05) is 356 Å². The van der Waals surface area contributed by atoms with Crippen LogP contribution in [0.5, 0.6) is 0 Å². The minimum atomic E-state index is -0.500. The molecule has 548 valence electrons. The first-order chi connectivity index (χ1) is 45.3. The molecule has 3 N–H and O–H groups in total. The topological polar surface area (TPSA) is 105 Å². The van der Waals surface area contributed by atoms with E-state index in [0.717, 1.165) is 104 Å². The van der Waals surface area contributed by atoms with E-state index in [1.807, 2.05) is 0 Å². The van der Waals surface area contributed by atoms with Crippen molar-refractivity contribution in [3.05, 3.63) is 0 Å². The largest absolute Gasteiger partial charge is 0.390 e. The fourth-order valence-corrected chi connectivity index (χ4v) is 13.7. The third-order valence-electron chi connectivity index (χ3n) is 20.0. The number of amides is 2. The number of hydrogen-bond donors (Lipinski definition) is 3. The highest BCUT2D eigenvalue weighted by Gasteiger charge is 2.18. The van der Waals surface area contributed by atoms with Gasteiger partial charge >= 0.3 is 0 Å². The number of aliphatic hydroxyl groups excluding tert-OH is 1. The van der Waals surface area contributed by atoms with E-state index >= 15 is 0 Å². The molecule has 0 aromatic heterocycles. The predicted octanol–water partition coefficient (Wildman–Crippen LogP) is 23.7. The number of carbonyl (C=O) groups excluding carboxylic acids is 3. The van der Waals surface area contributed by atoms with E-state index in [2.05, 4.69) is 60.0 Å². The number of hydrogen-bond acceptors (Lipinski definition) is 7. The molecule has 2 amide bonds. The highest BCUT2D eigenvalue weighted by atomic mass is 16.3. The monoisotopic (exact) mass is 1300 g/mol. The zero-order valence-electron chi connectivity index (χ0n) is 63.4. The molecular formula is C83H167N5O4. The first-order valence-corrected chi connectivity index (χ1v) is 42.2. The van der Waals surface area contributed by atoms with Gasteiger partial charge in [0.25, 0.3) is 0 Å². The van der Waals surface area contributed by atoms with Crippen LogP contribution in [0.1, 0.15) is 439 Å². The molecule has 0 rings (SSSR count). The third-order valence-corrected chi connectivity index (χ3v) is 20.0. The Morgan fingerprint density at radius 3 is 0.783 bits per heavy atom. The molecule has 0 radical (unpaired) electrons. The van der Waals surface area contributed by atoms with Crippen molar-refractivity contribution < 1.29 is 19.5 Å². The molecule has 1 atom stereocenters. The highest BCUT2D eigenvalue weighted by Crippen LogP contribution is 2.18. The second kappa shape index (κ2) is 76.8. The van der Waals surface area contributed by atoms with Crippen LogP contribution in [0.2, 0.25) is 0 Å². The Morgan fingerprint density at radius 1 is 0.239 bits per heavy atom. The first-order valence-electron chi connectivity index (χ1n) is 42.2. The fraction of sp³-hybridized carbons (Fsp3) is 0.964. The summed E-state index contributed by atoms with van der Waals surface area (Å²) in [4.78, 5) is 47.1. The number of Topliss-reactive ketones (excluding diaryl/α,β-unsaturated/α-hetero) is 1. The van der Waals surface area contributed by atoms with Crippen molar-refractivity contribution in [3.63, 3.8) is 0 Å². The Labute approximate surface area is 576 Å². The van der Waals surface area contributed by atoms with E-state index in [1.54, 1.807) is 0 Å². The second-order valence-corrected chi connectivity index (χ2v) is 29.4. The molecule has 9 heteroatoms. The molecule has 9 nitrogen and oxygen atoms in total. The van der Waals surface area contributed by atoms with Crippen molar-refractivity contribution in [2.75, 3.05) is 72.0 Å². The van der Waals surface area contributed by atoms with E-state index < -0.39 is 6.10 Å². The van der Waals surface area contributed by atoms with Gasteiger partial charge in [-0.25, -0.2) is 0 Å². The van der Waals surface area contributed by atoms with Crippen LogP contribution in [0.3, 0.4) is 0 Å². The van der Waals surface area contributed by atoms with Gasteiger partial charge in [0.15, 0.2) is 0 Å². The molecule has 0 heterocycles. The van der Waals surface area contributed by atoms with Crippen LogP contribution in [0.15, 0.2) is 0 Å². The lowest BCUT2D eigenvalue weighted by atomic mass is 10.0. The van der Waals surface area contributed by atoms with E-state index in [4.69, 9.17) is 0 Å². The molecule has 0 saturated heterocycles. The highest BCUT2D eigenvalue weighted by molar-refractivity contribution is 5.78. The van der Waals surface area contributed by atoms with Gasteiger partial charge < -0.3 is 30.4 Å². The number of ketones is 1. The minimum absolute atomic E-state index is 0.163. The van der Waals surface area contributed by atoms with Crippen LogP contribution >= 0.6 is 0 Å². The summed E-state index contributed by atoms with van der Waals surface area (Å²) in [6.45, 7) is 20.7. The molecular weight excluding hydrogens is 1130 g/mol. The van der Waals surface area contributed by atoms with Crippen molar-refractivity contribution in [3.8, 4) is 0 Å². The van der Waals surface area contributed by atoms with Crippen molar-refractivity contribution in [2.45, 2.75) is 445 Å². The van der Waals surface area contributed by atoms with Crippen LogP contribution in [0.4, 0.5) is 0 Å². The van der Waals surface area contributed by atoms with E-state index in [1.165, 1.54) is 327 Å². The van der Waals surface area contributed by atoms with Gasteiger partial charge in [-0.3, -0.25) is 14.4 Å². The van der Waals surface area contributed by atoms with Gasteiger partial charge in [0, 0.05) is 65.0 Å². The average Bonchev–Trinajstić information content (AvgIpc) is 3.70. The van der Waals surface area contributed by atoms with E-state index in [9.17, 15) is 19.5 Å². The lowest BCUT2D eigenvalue weighted by Crippen LogP contribution is -2.42. The van der Waals surface area contributed by atoms with Gasteiger partial charge in [-0.15, -0.1) is 0 Å². The maximum absolute atomic E-state index is 13.4. The van der Waals surface area contributed by atoms with Crippen LogP contribution in [0, 0.1) is 0 Å². The van der Waals surface area contributed by atoms with Gasteiger partial charge in [0.2, 0.25) is 11.8 Å². The number of nitrogens with one attached hydrogen (secondary N) is 2. The maximum atomic E-state index is 13.4. The zero-order chi connectivity index (χ0) is 66.8. The Balaban J connectivity index is 5.72. The lowest BCUT2D eigenvalue weighted by Gasteiger charge is -2.30. The summed E-state index contributed by atoms with van der Waals surface area (Å²) in [5, 5.41) is 18.5. The van der Waals surface area contributed by atoms with Crippen molar-refractivity contribution in [1.29, 1.82) is 0 Å². The SMILES string of the molecule is CCCCCCCCCCCCCCN(CCCCN(CCCCCCCCCCCCCC)CC(O)CN(CCCCC(=O)NCCCCCCCCCCCC)CCC(=O)CCCCCCCCCCCCC)CCC(=O)NCCCCCCCCCCCC. The molecule has 0 spiro atoms. The van der Waals surface area contributed by atoms with Gasteiger partial charge in [-0.05, 0) is 90.5 Å². The summed E-state index contributed by atoms with van der Waals surface area (Å²) < 4.78 is 0. The number of rotatable bonds is 80. The second-order valence-electron chi connectivity index (χ2n) is 29.4. The number of unbranched alkanes of at least 4 members (excludes halogenated alkanes) is 52. The zero-order valence-corrected chi connectivity index (χ0v) is 63.4. The third kappa shape index (κ3) is 71.2. The molecule has 1 unspecified atom stereocenters. The van der Waals surface area contributed by atoms with Crippen molar-refractivity contribution >= 4 is 17.6 Å². The molecule has 0 aromatic carbocycles. The lowest BCUT2D eigenvalue weighted by molar-refractivity contribution is -0.122. The summed E-state index contributed by atoms with van der Waals surface area (Å²) in [5.74, 6) is 0.736. The van der Waals surface area contributed by atoms with Crippen LogP contribution < -0.4 is 10.6 Å². The molecule has 0 fully saturated rings. The fourth-order valence-electron chi connectivity index (χ4n) is 13.7. The minimum Gasteiger partial charge on any atom is -0.390 e. The molecule has 0 aliphatic rings. The molecule has 0 aromatic rings. The normalized spacial score (nSPS) is 12.1. The standard InChI is InChI=1S/C83H167N5O4/c1-6-11-16-21-26-31-36-39-44-49-54-60-71-86(77-68-83(92)85-70-59-53-48-43-35-30-25-20-15-10-5)72-63-64-75-87(73-61-55-50-45-40-37-32-27-22-17-12-7-2)78-81(90)79-88(76-67-80(89)65-56-51-46-41-38-33-28-23-18-13-8-3)74-62-57-66-82(91)84-69-58-52-47-42-34-29-24-19-14-9-4/h81,90H,6-79H2,1-5H3,(H,84,91)(H,85,92). The van der Waals surface area contributed by atoms with Crippen molar-refractivity contribution in [2.24, 2.45) is 0 Å². The number of carbonyl (C=O) groups is 3. The van der Waals surface area contributed by atoms with Crippen LogP contribution in [-0.2, 0) is 14.4 Å². The van der Waals surface area contributed by atoms with E-state index in [0.29, 0.717) is 51.1 Å².